The molecule has 6 heteroatoms. The smallest absolute Gasteiger partial charge is 0.271 e. The average Bonchev–Trinajstić information content (AvgIpc) is 3.17. The van der Waals surface area contributed by atoms with Gasteiger partial charge in [0, 0.05) is 12.7 Å². The summed E-state index contributed by atoms with van der Waals surface area (Å²) in [6, 6.07) is 17.4. The molecule has 0 unspecified atom stereocenters. The van der Waals surface area contributed by atoms with Crippen molar-refractivity contribution in [3.8, 4) is 5.69 Å². The van der Waals surface area contributed by atoms with E-state index in [1.807, 2.05) is 71.7 Å². The third-order valence-corrected chi connectivity index (χ3v) is 4.04. The molecule has 4 aromatic rings. The quantitative estimate of drug-likeness (QED) is 0.605. The minimum Gasteiger partial charge on any atom is -0.350 e. The van der Waals surface area contributed by atoms with Gasteiger partial charge in [0.05, 0.1) is 29.1 Å². The Bertz CT molecular complexity index is 1040. The van der Waals surface area contributed by atoms with Gasteiger partial charge >= 0.3 is 0 Å². The Labute approximate surface area is 150 Å². The lowest BCUT2D eigenvalue weighted by molar-refractivity contribution is 0.0949. The van der Waals surface area contributed by atoms with Gasteiger partial charge in [0.1, 0.15) is 5.69 Å². The fourth-order valence-electron chi connectivity index (χ4n) is 2.69. The Hall–Kier alpha value is -3.54. The highest BCUT2D eigenvalue weighted by atomic mass is 16.1. The summed E-state index contributed by atoms with van der Waals surface area (Å²) in [5, 5.41) is 7.24. The van der Waals surface area contributed by atoms with E-state index >= 15 is 0 Å². The van der Waals surface area contributed by atoms with E-state index in [1.165, 1.54) is 6.20 Å². The Morgan fingerprint density at radius 3 is 2.58 bits per heavy atom. The molecular weight excluding hydrogens is 326 g/mol. The molecule has 0 aliphatic carbocycles. The van der Waals surface area contributed by atoms with Crippen molar-refractivity contribution in [3.63, 3.8) is 0 Å². The van der Waals surface area contributed by atoms with Crippen LogP contribution in [0.25, 0.3) is 16.7 Å². The van der Waals surface area contributed by atoms with E-state index in [1.54, 1.807) is 0 Å². The molecule has 4 rings (SSSR count). The number of aromatic nitrogens is 4. The molecule has 1 amide bonds. The van der Waals surface area contributed by atoms with E-state index in [0.717, 1.165) is 16.8 Å². The summed E-state index contributed by atoms with van der Waals surface area (Å²) in [5.74, 6) is -0.223. The van der Waals surface area contributed by atoms with E-state index in [9.17, 15) is 4.79 Å². The first kappa shape index (κ1) is 16.0. The summed E-state index contributed by atoms with van der Waals surface area (Å²) in [6.45, 7) is 0.508. The molecule has 6 nitrogen and oxygen atoms in total. The van der Waals surface area contributed by atoms with Crippen LogP contribution >= 0.6 is 0 Å². The number of benzene rings is 2. The summed E-state index contributed by atoms with van der Waals surface area (Å²) in [4.78, 5) is 20.9. The topological polar surface area (TPSA) is 72.7 Å². The molecule has 0 fully saturated rings. The Kier molecular flexibility index (Phi) is 4.38. The van der Waals surface area contributed by atoms with E-state index < -0.39 is 0 Å². The van der Waals surface area contributed by atoms with E-state index in [0.29, 0.717) is 24.2 Å². The zero-order chi connectivity index (χ0) is 17.8. The molecule has 0 radical (unpaired) electrons. The minimum atomic E-state index is -0.223. The molecule has 0 aliphatic heterocycles. The summed E-state index contributed by atoms with van der Waals surface area (Å²) >= 11 is 0. The van der Waals surface area contributed by atoms with Gasteiger partial charge in [-0.1, -0.05) is 30.3 Å². The number of hydrogen-bond donors (Lipinski definition) is 1. The average molecular weight is 343 g/mol. The Morgan fingerprint density at radius 1 is 0.962 bits per heavy atom. The van der Waals surface area contributed by atoms with Gasteiger partial charge in [-0.3, -0.25) is 9.78 Å². The summed E-state index contributed by atoms with van der Waals surface area (Å²) < 4.78 is 1.83. The molecule has 2 aromatic heterocycles. The number of carbonyl (C=O) groups excluding carboxylic acids is 1. The van der Waals surface area contributed by atoms with Crippen LogP contribution in [0.1, 0.15) is 16.1 Å². The van der Waals surface area contributed by atoms with Crippen LogP contribution in [0.2, 0.25) is 0 Å². The van der Waals surface area contributed by atoms with Crippen LogP contribution in [0.4, 0.5) is 0 Å². The van der Waals surface area contributed by atoms with Crippen LogP contribution in [-0.4, -0.2) is 32.2 Å². The molecule has 0 aliphatic rings. The predicted molar refractivity (Wildman–Crippen MR) is 99.1 cm³/mol. The van der Waals surface area contributed by atoms with Crippen LogP contribution in [0.3, 0.4) is 0 Å². The van der Waals surface area contributed by atoms with Crippen molar-refractivity contribution in [1.82, 2.24) is 25.1 Å². The van der Waals surface area contributed by atoms with Gasteiger partial charge in [-0.15, -0.1) is 0 Å². The van der Waals surface area contributed by atoms with Crippen molar-refractivity contribution in [2.24, 2.45) is 0 Å². The van der Waals surface area contributed by atoms with Gasteiger partial charge < -0.3 is 5.32 Å². The molecule has 0 bridgehead atoms. The van der Waals surface area contributed by atoms with Gasteiger partial charge in [0.15, 0.2) is 0 Å². The zero-order valence-electron chi connectivity index (χ0n) is 14.0. The molecule has 0 saturated heterocycles. The van der Waals surface area contributed by atoms with Crippen LogP contribution in [0.5, 0.6) is 0 Å². The number of amides is 1. The number of nitrogens with one attached hydrogen (secondary N) is 1. The lowest BCUT2D eigenvalue weighted by Gasteiger charge is -2.04. The van der Waals surface area contributed by atoms with Crippen LogP contribution in [0.15, 0.2) is 73.2 Å². The lowest BCUT2D eigenvalue weighted by Crippen LogP contribution is -2.26. The van der Waals surface area contributed by atoms with Crippen molar-refractivity contribution in [2.75, 3.05) is 6.54 Å². The zero-order valence-corrected chi connectivity index (χ0v) is 14.0. The second kappa shape index (κ2) is 7.14. The number of para-hydroxylation sites is 3. The standard InChI is InChI=1S/C20H17N5O/c26-20(19-13-22-17-8-4-5-9-18(17)24-19)21-11-10-15-12-23-25(14-15)16-6-2-1-3-7-16/h1-9,12-14H,10-11H2,(H,21,26). The monoisotopic (exact) mass is 343 g/mol. The molecule has 26 heavy (non-hydrogen) atoms. The number of rotatable bonds is 5. The maximum Gasteiger partial charge on any atom is 0.271 e. The number of carbonyl (C=O) groups is 1. The van der Waals surface area contributed by atoms with Gasteiger partial charge in [-0.05, 0) is 36.2 Å². The molecule has 0 saturated carbocycles. The first-order chi connectivity index (χ1) is 12.8. The molecular formula is C20H17N5O. The molecule has 1 N–H and O–H groups in total. The highest BCUT2D eigenvalue weighted by Crippen LogP contribution is 2.09. The molecule has 2 heterocycles. The van der Waals surface area contributed by atoms with Gasteiger partial charge in [0.2, 0.25) is 0 Å². The summed E-state index contributed by atoms with van der Waals surface area (Å²) in [6.07, 6.45) is 5.98. The third-order valence-electron chi connectivity index (χ3n) is 4.04. The van der Waals surface area contributed by atoms with Crippen molar-refractivity contribution < 1.29 is 4.79 Å². The largest absolute Gasteiger partial charge is 0.350 e. The van der Waals surface area contributed by atoms with Gasteiger partial charge in [-0.2, -0.15) is 5.10 Å². The molecule has 2 aromatic carbocycles. The highest BCUT2D eigenvalue weighted by molar-refractivity contribution is 5.93. The fourth-order valence-corrected chi connectivity index (χ4v) is 2.69. The summed E-state index contributed by atoms with van der Waals surface area (Å²) in [7, 11) is 0. The number of hydrogen-bond acceptors (Lipinski definition) is 4. The fraction of sp³-hybridized carbons (Fsp3) is 0.100. The minimum absolute atomic E-state index is 0.223. The first-order valence-corrected chi connectivity index (χ1v) is 8.38. The normalized spacial score (nSPS) is 10.8. The van der Waals surface area contributed by atoms with Crippen LogP contribution < -0.4 is 5.32 Å². The first-order valence-electron chi connectivity index (χ1n) is 8.38. The predicted octanol–water partition coefficient (Wildman–Crippen LogP) is 2.79. The Balaban J connectivity index is 1.37. The molecule has 128 valence electrons. The highest BCUT2D eigenvalue weighted by Gasteiger charge is 2.09. The van der Waals surface area contributed by atoms with Gasteiger partial charge in [0.25, 0.3) is 5.91 Å². The second-order valence-corrected chi connectivity index (χ2v) is 5.88. The van der Waals surface area contributed by atoms with Crippen molar-refractivity contribution >= 4 is 16.9 Å². The third kappa shape index (κ3) is 3.44. The number of fused-ring (bicyclic) bond motifs is 1. The molecule has 0 spiro atoms. The number of nitrogens with zero attached hydrogens (tertiary/aromatic N) is 4. The van der Waals surface area contributed by atoms with Crippen LogP contribution in [0, 0.1) is 0 Å². The van der Waals surface area contributed by atoms with E-state index in [-0.39, 0.29) is 5.91 Å². The van der Waals surface area contributed by atoms with Gasteiger partial charge in [-0.25, -0.2) is 9.67 Å². The van der Waals surface area contributed by atoms with Crippen molar-refractivity contribution in [2.45, 2.75) is 6.42 Å². The molecule has 0 atom stereocenters. The van der Waals surface area contributed by atoms with Crippen molar-refractivity contribution in [1.29, 1.82) is 0 Å². The SMILES string of the molecule is O=C(NCCc1cnn(-c2ccccc2)c1)c1cnc2ccccc2n1. The maximum atomic E-state index is 12.3. The summed E-state index contributed by atoms with van der Waals surface area (Å²) in [5.41, 5.74) is 3.87. The maximum absolute atomic E-state index is 12.3. The second-order valence-electron chi connectivity index (χ2n) is 5.88. The lowest BCUT2D eigenvalue weighted by atomic mass is 10.2. The van der Waals surface area contributed by atoms with Crippen LogP contribution in [-0.2, 0) is 6.42 Å². The van der Waals surface area contributed by atoms with E-state index in [4.69, 9.17) is 0 Å². The van der Waals surface area contributed by atoms with E-state index in [2.05, 4.69) is 20.4 Å². The Morgan fingerprint density at radius 2 is 1.73 bits per heavy atom. The van der Waals surface area contributed by atoms with Crippen molar-refractivity contribution in [3.05, 3.63) is 84.4 Å².